The first-order chi connectivity index (χ1) is 17.1. The summed E-state index contributed by atoms with van der Waals surface area (Å²) in [6.45, 7) is 3.45. The lowest BCUT2D eigenvalue weighted by Gasteiger charge is -2.29. The number of pyridine rings is 1. The number of ether oxygens (including phenoxy) is 1. The maximum Gasteiger partial charge on any atom is 0.303 e. The van der Waals surface area contributed by atoms with E-state index in [4.69, 9.17) is 24.8 Å². The molecule has 186 valence electrons. The van der Waals surface area contributed by atoms with Crippen LogP contribution in [0.4, 0.5) is 11.5 Å². The molecule has 1 aliphatic carbocycles. The van der Waals surface area contributed by atoms with Crippen molar-refractivity contribution in [3.8, 4) is 5.88 Å². The number of carboxylic acid groups (broad SMARTS) is 1. The molecule has 0 radical (unpaired) electrons. The molecule has 5 rings (SSSR count). The van der Waals surface area contributed by atoms with Gasteiger partial charge < -0.3 is 14.7 Å². The van der Waals surface area contributed by atoms with Gasteiger partial charge in [0.15, 0.2) is 11.7 Å². The van der Waals surface area contributed by atoms with Gasteiger partial charge in [-0.05, 0) is 50.2 Å². The lowest BCUT2D eigenvalue weighted by Crippen LogP contribution is -2.36. The third-order valence-electron chi connectivity index (χ3n) is 7.46. The fourth-order valence-corrected chi connectivity index (χ4v) is 5.45. The van der Waals surface area contributed by atoms with Gasteiger partial charge in [-0.2, -0.15) is 4.98 Å². The molecule has 0 aromatic carbocycles. The minimum absolute atomic E-state index is 0.284. The highest BCUT2D eigenvalue weighted by Crippen LogP contribution is 2.40. The number of aromatic nitrogens is 3. The zero-order chi connectivity index (χ0) is 24.2. The van der Waals surface area contributed by atoms with Crippen LogP contribution in [0.25, 0.3) is 0 Å². The number of aliphatic carboxylic acids is 1. The Kier molecular flexibility index (Phi) is 7.25. The summed E-state index contributed by atoms with van der Waals surface area (Å²) in [7, 11) is 0. The van der Waals surface area contributed by atoms with Gasteiger partial charge in [0, 0.05) is 24.5 Å². The van der Waals surface area contributed by atoms with Crippen LogP contribution in [0.3, 0.4) is 0 Å². The van der Waals surface area contributed by atoms with E-state index in [2.05, 4.69) is 28.9 Å². The molecule has 0 amide bonds. The molecule has 0 spiro atoms. The molecule has 8 nitrogen and oxygen atoms in total. The third-order valence-corrected chi connectivity index (χ3v) is 7.46. The second-order valence-electron chi connectivity index (χ2n) is 10.0. The monoisotopic (exact) mass is 477 g/mol. The van der Waals surface area contributed by atoms with Crippen LogP contribution in [0.5, 0.6) is 5.88 Å². The number of hydrogen-bond acceptors (Lipinski definition) is 7. The van der Waals surface area contributed by atoms with E-state index in [9.17, 15) is 4.79 Å². The van der Waals surface area contributed by atoms with Crippen molar-refractivity contribution in [2.45, 2.75) is 83.5 Å². The van der Waals surface area contributed by atoms with Crippen LogP contribution in [0.2, 0.25) is 0 Å². The maximum atomic E-state index is 11.0. The first kappa shape index (κ1) is 23.7. The van der Waals surface area contributed by atoms with Gasteiger partial charge in [-0.25, -0.2) is 9.98 Å². The number of aryl methyl sites for hydroxylation is 1. The number of carboxylic acids is 1. The molecular weight excluding hydrogens is 442 g/mol. The Balaban J connectivity index is 1.22. The summed E-state index contributed by atoms with van der Waals surface area (Å²) in [5, 5.41) is 9.04. The molecule has 1 saturated carbocycles. The minimum atomic E-state index is -0.690. The lowest BCUT2D eigenvalue weighted by atomic mass is 9.79. The van der Waals surface area contributed by atoms with Crippen molar-refractivity contribution in [3.05, 3.63) is 35.4 Å². The van der Waals surface area contributed by atoms with E-state index < -0.39 is 5.97 Å². The van der Waals surface area contributed by atoms with Crippen molar-refractivity contribution in [2.24, 2.45) is 10.9 Å². The summed E-state index contributed by atoms with van der Waals surface area (Å²) in [6, 6.07) is 4.23. The van der Waals surface area contributed by atoms with Gasteiger partial charge in [0.25, 0.3) is 0 Å². The van der Waals surface area contributed by atoms with Crippen LogP contribution < -0.4 is 9.64 Å². The van der Waals surface area contributed by atoms with Crippen molar-refractivity contribution in [3.63, 3.8) is 0 Å². The quantitative estimate of drug-likeness (QED) is 0.456. The van der Waals surface area contributed by atoms with Gasteiger partial charge in [0.1, 0.15) is 18.0 Å². The summed E-state index contributed by atoms with van der Waals surface area (Å²) in [4.78, 5) is 32.1. The molecule has 0 atom stereocenters. The number of carbonyl (C=O) groups is 1. The van der Waals surface area contributed by atoms with Crippen LogP contribution >= 0.6 is 0 Å². The second kappa shape index (κ2) is 10.7. The van der Waals surface area contributed by atoms with Crippen LogP contribution in [0, 0.1) is 5.92 Å². The highest BCUT2D eigenvalue weighted by molar-refractivity contribution is 6.20. The van der Waals surface area contributed by atoms with E-state index in [0.717, 1.165) is 72.9 Å². The number of amidine groups is 1. The van der Waals surface area contributed by atoms with Crippen molar-refractivity contribution >= 4 is 23.3 Å². The van der Waals surface area contributed by atoms with E-state index in [1.54, 1.807) is 0 Å². The zero-order valence-electron chi connectivity index (χ0n) is 20.6. The van der Waals surface area contributed by atoms with Crippen LogP contribution in [-0.2, 0) is 11.2 Å². The van der Waals surface area contributed by atoms with E-state index in [1.165, 1.54) is 25.7 Å². The average molecular weight is 478 g/mol. The van der Waals surface area contributed by atoms with Crippen LogP contribution in [0.15, 0.2) is 23.3 Å². The number of nitrogens with zero attached hydrogens (tertiary/aromatic N) is 5. The first-order valence-corrected chi connectivity index (χ1v) is 13.2. The van der Waals surface area contributed by atoms with Gasteiger partial charge >= 0.3 is 5.97 Å². The van der Waals surface area contributed by atoms with Crippen LogP contribution in [0.1, 0.15) is 94.1 Å². The second-order valence-corrected chi connectivity index (χ2v) is 10.0. The van der Waals surface area contributed by atoms with E-state index in [-0.39, 0.29) is 6.42 Å². The lowest BCUT2D eigenvalue weighted by molar-refractivity contribution is -0.138. The smallest absolute Gasteiger partial charge is 0.303 e. The Bertz CT molecular complexity index is 1080. The Labute approximate surface area is 206 Å². The molecule has 4 heterocycles. The molecule has 2 aliphatic heterocycles. The van der Waals surface area contributed by atoms with Crippen molar-refractivity contribution in [1.82, 2.24) is 15.0 Å². The topological polar surface area (TPSA) is 101 Å². The summed E-state index contributed by atoms with van der Waals surface area (Å²) >= 11 is 0. The fourth-order valence-electron chi connectivity index (χ4n) is 5.45. The molecular formula is C27H35N5O3. The normalized spacial score (nSPS) is 20.8. The van der Waals surface area contributed by atoms with Crippen molar-refractivity contribution in [1.29, 1.82) is 0 Å². The number of hydrogen-bond donors (Lipinski definition) is 1. The summed E-state index contributed by atoms with van der Waals surface area (Å²) in [5.41, 5.74) is 3.00. The molecule has 0 unspecified atom stereocenters. The summed E-state index contributed by atoms with van der Waals surface area (Å²) in [5.74, 6) is 3.11. The minimum Gasteiger partial charge on any atom is -0.481 e. The van der Waals surface area contributed by atoms with E-state index >= 15 is 0 Å². The SMILES string of the molecule is CCCCCCCc1nc2c3c(n1)OCCN(c1ccc([C@H]4CC[C@H](CC(=O)O)CC4)nc1)C3=N2. The van der Waals surface area contributed by atoms with Gasteiger partial charge in [-0.1, -0.05) is 32.6 Å². The number of rotatable bonds is 10. The standard InChI is InChI=1S/C27H35N5O3/c1-2-3-4-5-6-7-22-29-25-24-26(31-25)32(14-15-35-27(24)30-22)20-12-13-21(28-17-20)19-10-8-18(9-11-19)16-23(33)34/h12-13,17-19H,2-11,14-16H2,1H3,(H,33,34)/t18-,19-. The number of anilines is 1. The predicted molar refractivity (Wildman–Crippen MR) is 135 cm³/mol. The Morgan fingerprint density at radius 2 is 1.94 bits per heavy atom. The largest absolute Gasteiger partial charge is 0.481 e. The van der Waals surface area contributed by atoms with Gasteiger partial charge in [-0.3, -0.25) is 9.78 Å². The molecule has 2 aromatic rings. The fraction of sp³-hybridized carbons (Fsp3) is 0.593. The third kappa shape index (κ3) is 5.31. The zero-order valence-corrected chi connectivity index (χ0v) is 20.6. The maximum absolute atomic E-state index is 11.0. The molecule has 3 aliphatic rings. The molecule has 2 aromatic heterocycles. The van der Waals surface area contributed by atoms with Crippen molar-refractivity contribution < 1.29 is 14.6 Å². The number of unbranched alkanes of at least 4 members (excludes halogenated alkanes) is 4. The Morgan fingerprint density at radius 3 is 2.69 bits per heavy atom. The highest BCUT2D eigenvalue weighted by atomic mass is 16.5. The van der Waals surface area contributed by atoms with Gasteiger partial charge in [0.05, 0.1) is 18.4 Å². The van der Waals surface area contributed by atoms with E-state index in [0.29, 0.717) is 30.9 Å². The molecule has 8 heteroatoms. The number of aliphatic imine (C=N–C) groups is 1. The van der Waals surface area contributed by atoms with Crippen LogP contribution in [-0.4, -0.2) is 45.0 Å². The predicted octanol–water partition coefficient (Wildman–Crippen LogP) is 5.42. The summed E-state index contributed by atoms with van der Waals surface area (Å²) < 4.78 is 6.02. The Hall–Kier alpha value is -3.03. The molecule has 35 heavy (non-hydrogen) atoms. The van der Waals surface area contributed by atoms with Crippen molar-refractivity contribution in [2.75, 3.05) is 18.1 Å². The summed E-state index contributed by atoms with van der Waals surface area (Å²) in [6.07, 6.45) is 13.1. The molecule has 0 bridgehead atoms. The molecule has 1 N–H and O–H groups in total. The average Bonchev–Trinajstić information content (AvgIpc) is 3.01. The van der Waals surface area contributed by atoms with Gasteiger partial charge in [0.2, 0.25) is 5.88 Å². The molecule has 0 saturated heterocycles. The first-order valence-electron chi connectivity index (χ1n) is 13.2. The van der Waals surface area contributed by atoms with Gasteiger partial charge in [-0.15, -0.1) is 0 Å². The molecule has 1 fully saturated rings. The Morgan fingerprint density at radius 1 is 1.11 bits per heavy atom. The highest BCUT2D eigenvalue weighted by Gasteiger charge is 2.35. The van der Waals surface area contributed by atoms with E-state index in [1.807, 2.05) is 6.20 Å².